The van der Waals surface area contributed by atoms with Crippen LogP contribution in [-0.4, -0.2) is 36.2 Å². The lowest BCUT2D eigenvalue weighted by Gasteiger charge is -2.22. The first-order valence-electron chi connectivity index (χ1n) is 2.77. The molecule has 0 radical (unpaired) electrons. The summed E-state index contributed by atoms with van der Waals surface area (Å²) in [5, 5.41) is 0. The van der Waals surface area contributed by atoms with Crippen LogP contribution in [0.4, 0.5) is 0 Å². The second-order valence-electron chi connectivity index (χ2n) is 1.77. The maximum atomic E-state index is 10.6. The van der Waals surface area contributed by atoms with Crippen LogP contribution in [0.3, 0.4) is 0 Å². The summed E-state index contributed by atoms with van der Waals surface area (Å²) in [5.74, 6) is -0.115. The second-order valence-corrected chi connectivity index (χ2v) is 2.65. The van der Waals surface area contributed by atoms with Crippen LogP contribution < -0.4 is 0 Å². The number of carbonyl (C=O) groups is 1. The molecule has 1 aliphatic rings. The number of esters is 1. The third-order valence-corrected chi connectivity index (χ3v) is 2.00. The third-order valence-electron chi connectivity index (χ3n) is 1.17. The number of nitrogens with zero attached hydrogens (tertiary/aromatic N) is 1. The molecule has 0 N–H and O–H groups in total. The largest absolute Gasteiger partial charge is 0.463 e. The Hall–Kier alpha value is -0.220. The molecular formula is C5H9NO2S. The van der Waals surface area contributed by atoms with Crippen molar-refractivity contribution in [1.82, 2.24) is 4.31 Å². The number of cyclic esters (lactones) is 1. The van der Waals surface area contributed by atoms with Gasteiger partial charge < -0.3 is 4.74 Å². The molecule has 1 heterocycles. The first-order chi connectivity index (χ1) is 4.33. The molecule has 1 saturated heterocycles. The summed E-state index contributed by atoms with van der Waals surface area (Å²) < 4.78 is 6.69. The number of morpholine rings is 1. The first kappa shape index (κ1) is 6.89. The van der Waals surface area contributed by atoms with Gasteiger partial charge in [0.15, 0.2) is 0 Å². The zero-order valence-corrected chi connectivity index (χ0v) is 6.11. The molecule has 9 heavy (non-hydrogen) atoms. The topological polar surface area (TPSA) is 29.5 Å². The van der Waals surface area contributed by atoms with Gasteiger partial charge in [0, 0.05) is 6.54 Å². The average Bonchev–Trinajstić information content (AvgIpc) is 1.88. The van der Waals surface area contributed by atoms with E-state index >= 15 is 0 Å². The molecule has 1 fully saturated rings. The van der Waals surface area contributed by atoms with Crippen molar-refractivity contribution < 1.29 is 9.53 Å². The van der Waals surface area contributed by atoms with Gasteiger partial charge in [-0.2, -0.15) is 0 Å². The van der Waals surface area contributed by atoms with Crippen LogP contribution in [0.15, 0.2) is 0 Å². The van der Waals surface area contributed by atoms with Gasteiger partial charge >= 0.3 is 5.97 Å². The Morgan fingerprint density at radius 2 is 2.56 bits per heavy atom. The standard InChI is InChI=1S/C5H9NO2S/c1-9-6-2-3-8-5(7)4-6/h2-4H2,1H3. The van der Waals surface area contributed by atoms with Crippen molar-refractivity contribution in [1.29, 1.82) is 0 Å². The van der Waals surface area contributed by atoms with Gasteiger partial charge in [-0.3, -0.25) is 4.79 Å². The fourth-order valence-electron chi connectivity index (χ4n) is 0.686. The number of hydrogen-bond donors (Lipinski definition) is 0. The van der Waals surface area contributed by atoms with Gasteiger partial charge in [-0.05, 0) is 6.26 Å². The van der Waals surface area contributed by atoms with Crippen LogP contribution in [-0.2, 0) is 9.53 Å². The van der Waals surface area contributed by atoms with Gasteiger partial charge in [-0.1, -0.05) is 11.9 Å². The van der Waals surface area contributed by atoms with E-state index in [2.05, 4.69) is 0 Å². The molecule has 0 saturated carbocycles. The van der Waals surface area contributed by atoms with Crippen molar-refractivity contribution in [3.8, 4) is 0 Å². The predicted octanol–water partition coefficient (Wildman–Crippen LogP) is 0.123. The highest BCUT2D eigenvalue weighted by Gasteiger charge is 2.15. The van der Waals surface area contributed by atoms with E-state index in [0.29, 0.717) is 13.2 Å². The highest BCUT2D eigenvalue weighted by Crippen LogP contribution is 2.07. The third kappa shape index (κ3) is 1.87. The SMILES string of the molecule is CSN1CCOC(=O)C1. The minimum Gasteiger partial charge on any atom is -0.463 e. The zero-order valence-electron chi connectivity index (χ0n) is 5.29. The summed E-state index contributed by atoms with van der Waals surface area (Å²) in [7, 11) is 0. The summed E-state index contributed by atoms with van der Waals surface area (Å²) in [6.45, 7) is 1.83. The Balaban J connectivity index is 2.32. The van der Waals surface area contributed by atoms with Crippen molar-refractivity contribution in [3.63, 3.8) is 0 Å². The highest BCUT2D eigenvalue weighted by atomic mass is 32.2. The van der Waals surface area contributed by atoms with Gasteiger partial charge in [0.1, 0.15) is 13.2 Å². The van der Waals surface area contributed by atoms with E-state index in [-0.39, 0.29) is 5.97 Å². The smallest absolute Gasteiger partial charge is 0.321 e. The summed E-state index contributed by atoms with van der Waals surface area (Å²) in [6, 6.07) is 0. The van der Waals surface area contributed by atoms with Crippen LogP contribution in [0.25, 0.3) is 0 Å². The van der Waals surface area contributed by atoms with Gasteiger partial charge in [0.2, 0.25) is 0 Å². The molecule has 0 bridgehead atoms. The Morgan fingerprint density at radius 3 is 3.00 bits per heavy atom. The molecule has 1 aliphatic heterocycles. The van der Waals surface area contributed by atoms with E-state index in [0.717, 1.165) is 6.54 Å². The molecule has 0 aliphatic carbocycles. The van der Waals surface area contributed by atoms with Crippen LogP contribution in [0.5, 0.6) is 0 Å². The van der Waals surface area contributed by atoms with Crippen molar-refractivity contribution in [3.05, 3.63) is 0 Å². The Morgan fingerprint density at radius 1 is 1.78 bits per heavy atom. The highest BCUT2D eigenvalue weighted by molar-refractivity contribution is 7.96. The molecule has 4 heteroatoms. The fourth-order valence-corrected chi connectivity index (χ4v) is 1.18. The number of hydrogen-bond acceptors (Lipinski definition) is 4. The van der Waals surface area contributed by atoms with Crippen molar-refractivity contribution in [2.24, 2.45) is 0 Å². The summed E-state index contributed by atoms with van der Waals surface area (Å²) in [5.41, 5.74) is 0. The predicted molar refractivity (Wildman–Crippen MR) is 36.0 cm³/mol. The molecule has 0 unspecified atom stereocenters. The quantitative estimate of drug-likeness (QED) is 0.389. The minimum absolute atomic E-state index is 0.115. The maximum absolute atomic E-state index is 10.6. The van der Waals surface area contributed by atoms with E-state index < -0.39 is 0 Å². The Kier molecular flexibility index (Phi) is 2.36. The fraction of sp³-hybridized carbons (Fsp3) is 0.800. The number of carbonyl (C=O) groups excluding carboxylic acids is 1. The van der Waals surface area contributed by atoms with Gasteiger partial charge in [0.25, 0.3) is 0 Å². The zero-order chi connectivity index (χ0) is 6.69. The summed E-state index contributed by atoms with van der Waals surface area (Å²) >= 11 is 1.58. The van der Waals surface area contributed by atoms with Crippen LogP contribution in [0.2, 0.25) is 0 Å². The molecule has 0 spiro atoms. The van der Waals surface area contributed by atoms with E-state index in [1.54, 1.807) is 11.9 Å². The first-order valence-corrected chi connectivity index (χ1v) is 3.96. The maximum Gasteiger partial charge on any atom is 0.321 e. The van der Waals surface area contributed by atoms with Gasteiger partial charge in [-0.25, -0.2) is 4.31 Å². The number of ether oxygens (including phenoxy) is 1. The van der Waals surface area contributed by atoms with Crippen LogP contribution in [0, 0.1) is 0 Å². The van der Waals surface area contributed by atoms with E-state index in [9.17, 15) is 4.79 Å². The molecule has 0 aromatic rings. The molecule has 0 aromatic carbocycles. The van der Waals surface area contributed by atoms with Crippen molar-refractivity contribution in [2.45, 2.75) is 0 Å². The lowest BCUT2D eigenvalue weighted by molar-refractivity contribution is -0.147. The Bertz CT molecular complexity index is 118. The van der Waals surface area contributed by atoms with E-state index in [1.807, 2.05) is 10.6 Å². The van der Waals surface area contributed by atoms with E-state index in [4.69, 9.17) is 4.74 Å². The molecule has 0 atom stereocenters. The van der Waals surface area contributed by atoms with E-state index in [1.165, 1.54) is 0 Å². The second kappa shape index (κ2) is 3.08. The van der Waals surface area contributed by atoms with Gasteiger partial charge in [0.05, 0.1) is 0 Å². The van der Waals surface area contributed by atoms with Crippen molar-refractivity contribution >= 4 is 17.9 Å². The lowest BCUT2D eigenvalue weighted by Crippen LogP contribution is -2.34. The monoisotopic (exact) mass is 147 g/mol. The summed E-state index contributed by atoms with van der Waals surface area (Å²) in [4.78, 5) is 10.6. The molecule has 52 valence electrons. The average molecular weight is 147 g/mol. The Labute approximate surface area is 58.5 Å². The normalized spacial score (nSPS) is 21.7. The molecular weight excluding hydrogens is 138 g/mol. The number of rotatable bonds is 1. The lowest BCUT2D eigenvalue weighted by atomic mass is 10.5. The molecule has 1 rings (SSSR count). The van der Waals surface area contributed by atoms with Gasteiger partial charge in [-0.15, -0.1) is 0 Å². The molecule has 0 amide bonds. The van der Waals surface area contributed by atoms with Crippen molar-refractivity contribution in [2.75, 3.05) is 26.0 Å². The van der Waals surface area contributed by atoms with Crippen LogP contribution >= 0.6 is 11.9 Å². The minimum atomic E-state index is -0.115. The summed E-state index contributed by atoms with van der Waals surface area (Å²) in [6.07, 6.45) is 1.96. The molecule has 3 nitrogen and oxygen atoms in total. The van der Waals surface area contributed by atoms with Crippen LogP contribution in [0.1, 0.15) is 0 Å². The molecule has 0 aromatic heterocycles.